The highest BCUT2D eigenvalue weighted by molar-refractivity contribution is 7.94. The molecule has 0 fully saturated rings. The lowest BCUT2D eigenvalue weighted by atomic mass is 10.2. The van der Waals surface area contributed by atoms with E-state index in [0.29, 0.717) is 16.2 Å². The fourth-order valence-electron chi connectivity index (χ4n) is 0.750. The number of thiocarbonyl (C=S) groups is 1. The van der Waals surface area contributed by atoms with Crippen LogP contribution in [0.1, 0.15) is 6.42 Å². The van der Waals surface area contributed by atoms with Crippen molar-refractivity contribution in [3.63, 3.8) is 0 Å². The molecule has 1 radical (unpaired) electrons. The molecule has 0 heterocycles. The van der Waals surface area contributed by atoms with Gasteiger partial charge in [0, 0.05) is 22.4 Å². The van der Waals surface area contributed by atoms with Crippen LogP contribution < -0.4 is 0 Å². The van der Waals surface area contributed by atoms with Gasteiger partial charge in [-0.15, -0.1) is 0 Å². The van der Waals surface area contributed by atoms with Gasteiger partial charge in [0.05, 0.1) is 0 Å². The lowest BCUT2D eigenvalue weighted by Gasteiger charge is -2.05. The number of rotatable bonds is 1. The van der Waals surface area contributed by atoms with Gasteiger partial charge in [0.25, 0.3) is 0 Å². The molecule has 0 aliphatic heterocycles. The minimum absolute atomic E-state index is 0.324. The molecule has 0 aromatic heterocycles. The van der Waals surface area contributed by atoms with Crippen LogP contribution in [0.5, 0.6) is 0 Å². The summed E-state index contributed by atoms with van der Waals surface area (Å²) >= 11 is 4.80. The summed E-state index contributed by atoms with van der Waals surface area (Å²) in [5.41, 5.74) is 0. The highest BCUT2D eigenvalue weighted by Gasteiger charge is 2.13. The Kier molecular flexibility index (Phi) is 2.25. The summed E-state index contributed by atoms with van der Waals surface area (Å²) in [6.07, 6.45) is 7.33. The molecular formula is C7H7O2S2. The van der Waals surface area contributed by atoms with Gasteiger partial charge in [-0.05, 0) is 12.2 Å². The first-order valence-corrected chi connectivity index (χ1v) is 5.32. The molecule has 1 aliphatic rings. The molecular weight excluding hydrogens is 180 g/mol. The first-order chi connectivity index (χ1) is 5.00. The predicted octanol–water partition coefficient (Wildman–Crippen LogP) is 1.05. The summed E-state index contributed by atoms with van der Waals surface area (Å²) in [6, 6.07) is 0. The maximum absolute atomic E-state index is 11.0. The van der Waals surface area contributed by atoms with E-state index in [9.17, 15) is 8.42 Å². The van der Waals surface area contributed by atoms with Crippen LogP contribution in [0.2, 0.25) is 0 Å². The quantitative estimate of drug-likeness (QED) is 0.575. The van der Waals surface area contributed by atoms with Gasteiger partial charge in [0.2, 0.25) is 0 Å². The number of sulfone groups is 1. The van der Waals surface area contributed by atoms with Crippen molar-refractivity contribution in [2.24, 2.45) is 0 Å². The van der Waals surface area contributed by atoms with Crippen LogP contribution in [-0.2, 0) is 9.84 Å². The summed E-state index contributed by atoms with van der Waals surface area (Å²) in [7, 11) is -3.06. The first-order valence-electron chi connectivity index (χ1n) is 3.02. The van der Waals surface area contributed by atoms with E-state index in [-0.39, 0.29) is 0 Å². The molecule has 1 aliphatic carbocycles. The molecule has 0 bridgehead atoms. The third-order valence-corrected chi connectivity index (χ3v) is 2.82. The maximum Gasteiger partial charge on any atom is 0.172 e. The van der Waals surface area contributed by atoms with E-state index in [4.69, 9.17) is 12.2 Å². The molecule has 59 valence electrons. The monoisotopic (exact) mass is 187 g/mol. The Labute approximate surface area is 71.5 Å². The Morgan fingerprint density at radius 3 is 2.64 bits per heavy atom. The molecule has 0 atom stereocenters. The van der Waals surface area contributed by atoms with E-state index in [1.54, 1.807) is 6.08 Å². The second kappa shape index (κ2) is 2.87. The fourth-order valence-corrected chi connectivity index (χ4v) is 1.79. The number of hydrogen-bond acceptors (Lipinski definition) is 3. The highest BCUT2D eigenvalue weighted by Crippen LogP contribution is 2.14. The van der Waals surface area contributed by atoms with E-state index in [1.807, 2.05) is 0 Å². The topological polar surface area (TPSA) is 34.1 Å². The van der Waals surface area contributed by atoms with Gasteiger partial charge in [-0.25, -0.2) is 8.42 Å². The predicted molar refractivity (Wildman–Crippen MR) is 48.0 cm³/mol. The van der Waals surface area contributed by atoms with Crippen LogP contribution in [0.25, 0.3) is 0 Å². The van der Waals surface area contributed by atoms with Crippen LogP contribution >= 0.6 is 12.2 Å². The summed E-state index contributed by atoms with van der Waals surface area (Å²) in [5, 5.41) is 0. The fraction of sp³-hybridized carbons (Fsp3) is 0.286. The van der Waals surface area contributed by atoms with Gasteiger partial charge in [-0.2, -0.15) is 0 Å². The van der Waals surface area contributed by atoms with Crippen molar-refractivity contribution in [3.8, 4) is 0 Å². The van der Waals surface area contributed by atoms with E-state index >= 15 is 0 Å². The van der Waals surface area contributed by atoms with Crippen molar-refractivity contribution in [2.45, 2.75) is 6.42 Å². The second-order valence-electron chi connectivity index (χ2n) is 2.32. The maximum atomic E-state index is 11.0. The van der Waals surface area contributed by atoms with Gasteiger partial charge in [0.1, 0.15) is 0 Å². The standard InChI is InChI=1S/C7H7O2S2/c1-11(8,9)7-4-2-3-6(10)5-7/h2,4H,5H2,1H3. The normalized spacial score (nSPS) is 18.3. The summed E-state index contributed by atoms with van der Waals surface area (Å²) in [6.45, 7) is 0. The van der Waals surface area contributed by atoms with E-state index in [2.05, 4.69) is 6.08 Å². The van der Waals surface area contributed by atoms with Crippen LogP contribution in [0.15, 0.2) is 17.1 Å². The molecule has 0 amide bonds. The molecule has 0 N–H and O–H groups in total. The number of allylic oxidation sites excluding steroid dienone is 4. The minimum atomic E-state index is -3.06. The summed E-state index contributed by atoms with van der Waals surface area (Å²) in [4.78, 5) is 0.925. The smallest absolute Gasteiger partial charge is 0.172 e. The molecule has 4 heteroatoms. The molecule has 2 nitrogen and oxygen atoms in total. The average Bonchev–Trinajstić information content (AvgIpc) is 1.86. The first kappa shape index (κ1) is 8.62. The van der Waals surface area contributed by atoms with Gasteiger partial charge >= 0.3 is 0 Å². The van der Waals surface area contributed by atoms with Crippen molar-refractivity contribution >= 4 is 26.9 Å². The Morgan fingerprint density at radius 1 is 1.64 bits per heavy atom. The Balaban J connectivity index is 3.01. The SMILES string of the molecule is CS(=O)(=O)C1=CC=[C]C(=S)C1. The summed E-state index contributed by atoms with van der Waals surface area (Å²) < 4.78 is 21.9. The van der Waals surface area contributed by atoms with Crippen molar-refractivity contribution in [2.75, 3.05) is 6.26 Å². The molecule has 0 unspecified atom stereocenters. The summed E-state index contributed by atoms with van der Waals surface area (Å²) in [5.74, 6) is 0. The molecule has 0 spiro atoms. The zero-order valence-electron chi connectivity index (χ0n) is 5.99. The minimum Gasteiger partial charge on any atom is -0.224 e. The van der Waals surface area contributed by atoms with E-state index in [0.717, 1.165) is 0 Å². The second-order valence-corrected chi connectivity index (χ2v) is 4.88. The van der Waals surface area contributed by atoms with Crippen LogP contribution in [-0.4, -0.2) is 19.5 Å². The Hall–Kier alpha value is -0.480. The molecule has 0 saturated carbocycles. The van der Waals surface area contributed by atoms with Gasteiger partial charge in [0.15, 0.2) is 9.84 Å². The van der Waals surface area contributed by atoms with Gasteiger partial charge in [-0.3, -0.25) is 0 Å². The average molecular weight is 187 g/mol. The third-order valence-electron chi connectivity index (χ3n) is 1.32. The van der Waals surface area contributed by atoms with E-state index in [1.165, 1.54) is 12.3 Å². The van der Waals surface area contributed by atoms with Crippen molar-refractivity contribution in [3.05, 3.63) is 23.1 Å². The van der Waals surface area contributed by atoms with Crippen LogP contribution in [0, 0.1) is 6.08 Å². The molecule has 0 aromatic rings. The van der Waals surface area contributed by atoms with E-state index < -0.39 is 9.84 Å². The van der Waals surface area contributed by atoms with Crippen molar-refractivity contribution in [1.82, 2.24) is 0 Å². The molecule has 11 heavy (non-hydrogen) atoms. The molecule has 1 rings (SSSR count). The zero-order chi connectivity index (χ0) is 8.48. The Bertz CT molecular complexity index is 333. The third kappa shape index (κ3) is 2.24. The molecule has 0 saturated heterocycles. The lowest BCUT2D eigenvalue weighted by Crippen LogP contribution is -2.07. The van der Waals surface area contributed by atoms with Crippen molar-refractivity contribution in [1.29, 1.82) is 0 Å². The van der Waals surface area contributed by atoms with Crippen molar-refractivity contribution < 1.29 is 8.42 Å². The van der Waals surface area contributed by atoms with Crippen LogP contribution in [0.3, 0.4) is 0 Å². The lowest BCUT2D eigenvalue weighted by molar-refractivity contribution is 0.607. The molecule has 0 aromatic carbocycles. The van der Waals surface area contributed by atoms with Gasteiger partial charge < -0.3 is 0 Å². The Morgan fingerprint density at radius 2 is 2.27 bits per heavy atom. The van der Waals surface area contributed by atoms with Gasteiger partial charge in [-0.1, -0.05) is 18.3 Å². The highest BCUT2D eigenvalue weighted by atomic mass is 32.2. The number of hydrogen-bond donors (Lipinski definition) is 0. The largest absolute Gasteiger partial charge is 0.224 e. The zero-order valence-corrected chi connectivity index (χ0v) is 7.63. The van der Waals surface area contributed by atoms with Crippen LogP contribution in [0.4, 0.5) is 0 Å².